The molecule has 4 rings (SSSR count). The zero-order valence-corrected chi connectivity index (χ0v) is 14.5. The number of fused-ring (bicyclic) bond motifs is 1. The molecule has 2 heterocycles. The van der Waals surface area contributed by atoms with E-state index >= 15 is 0 Å². The fraction of sp³-hybridized carbons (Fsp3) is 0.158. The van der Waals surface area contributed by atoms with Crippen molar-refractivity contribution in [2.75, 3.05) is 6.61 Å². The highest BCUT2D eigenvalue weighted by Gasteiger charge is 2.13. The topological polar surface area (TPSA) is 74.8 Å². The minimum Gasteiger partial charge on any atom is -0.494 e. The molecule has 8 heteroatoms. The molecule has 0 amide bonds. The van der Waals surface area contributed by atoms with Gasteiger partial charge in [-0.2, -0.15) is 4.68 Å². The van der Waals surface area contributed by atoms with Crippen LogP contribution in [0.1, 0.15) is 12.5 Å². The van der Waals surface area contributed by atoms with Crippen LogP contribution in [-0.2, 0) is 6.54 Å². The summed E-state index contributed by atoms with van der Waals surface area (Å²) in [6.07, 6.45) is 1.42. The van der Waals surface area contributed by atoms with E-state index in [9.17, 15) is 9.18 Å². The second-order valence-electron chi connectivity index (χ2n) is 5.91. The monoisotopic (exact) mass is 365 g/mol. The number of nitrogens with zero attached hydrogens (tertiary/aromatic N) is 5. The normalized spacial score (nSPS) is 11.0. The SMILES string of the molecule is CCOc1ccc(-n2nnc3c(=O)n(Cc4cccc(F)c4)cnc32)cc1. The average Bonchev–Trinajstić information content (AvgIpc) is 3.10. The molecule has 0 saturated heterocycles. The molecule has 0 aliphatic carbocycles. The molecule has 2 aromatic heterocycles. The van der Waals surface area contributed by atoms with E-state index in [-0.39, 0.29) is 23.4 Å². The summed E-state index contributed by atoms with van der Waals surface area (Å²) in [6.45, 7) is 2.70. The van der Waals surface area contributed by atoms with Crippen molar-refractivity contribution < 1.29 is 9.13 Å². The summed E-state index contributed by atoms with van der Waals surface area (Å²) in [6, 6.07) is 13.4. The van der Waals surface area contributed by atoms with Crippen LogP contribution < -0.4 is 10.3 Å². The smallest absolute Gasteiger partial charge is 0.283 e. The van der Waals surface area contributed by atoms with E-state index in [4.69, 9.17) is 4.74 Å². The van der Waals surface area contributed by atoms with E-state index in [0.717, 1.165) is 11.4 Å². The Morgan fingerprint density at radius 2 is 1.96 bits per heavy atom. The van der Waals surface area contributed by atoms with Crippen molar-refractivity contribution in [2.45, 2.75) is 13.5 Å². The van der Waals surface area contributed by atoms with Crippen LogP contribution in [-0.4, -0.2) is 31.2 Å². The van der Waals surface area contributed by atoms with Crippen LogP contribution in [0, 0.1) is 5.82 Å². The molecule has 0 radical (unpaired) electrons. The number of rotatable bonds is 5. The Labute approximate surface area is 153 Å². The maximum absolute atomic E-state index is 13.4. The summed E-state index contributed by atoms with van der Waals surface area (Å²) >= 11 is 0. The van der Waals surface area contributed by atoms with Crippen LogP contribution >= 0.6 is 0 Å². The maximum Gasteiger partial charge on any atom is 0.283 e. The number of hydrogen-bond acceptors (Lipinski definition) is 5. The summed E-state index contributed by atoms with van der Waals surface area (Å²) in [5.41, 5.74) is 1.57. The Hall–Kier alpha value is -3.55. The van der Waals surface area contributed by atoms with Crippen LogP contribution in [0.3, 0.4) is 0 Å². The Morgan fingerprint density at radius 3 is 2.70 bits per heavy atom. The second kappa shape index (κ2) is 6.99. The van der Waals surface area contributed by atoms with Crippen molar-refractivity contribution >= 4 is 11.2 Å². The first-order valence-corrected chi connectivity index (χ1v) is 8.44. The van der Waals surface area contributed by atoms with Gasteiger partial charge < -0.3 is 4.74 Å². The van der Waals surface area contributed by atoms with Gasteiger partial charge in [-0.25, -0.2) is 9.37 Å². The lowest BCUT2D eigenvalue weighted by molar-refractivity contribution is 0.340. The molecule has 0 aliphatic heterocycles. The molecule has 7 nitrogen and oxygen atoms in total. The Bertz CT molecular complexity index is 1150. The van der Waals surface area contributed by atoms with Gasteiger partial charge in [0.2, 0.25) is 0 Å². The van der Waals surface area contributed by atoms with Crippen molar-refractivity contribution in [1.29, 1.82) is 0 Å². The molecule has 0 saturated carbocycles. The summed E-state index contributed by atoms with van der Waals surface area (Å²) < 4.78 is 21.7. The van der Waals surface area contributed by atoms with Crippen LogP contribution in [0.25, 0.3) is 16.9 Å². The lowest BCUT2D eigenvalue weighted by Crippen LogP contribution is -2.21. The Morgan fingerprint density at radius 1 is 1.15 bits per heavy atom. The molecule has 0 unspecified atom stereocenters. The van der Waals surface area contributed by atoms with E-state index in [1.54, 1.807) is 12.1 Å². The molecule has 136 valence electrons. The highest BCUT2D eigenvalue weighted by atomic mass is 19.1. The average molecular weight is 365 g/mol. The van der Waals surface area contributed by atoms with Gasteiger partial charge in [0.25, 0.3) is 5.56 Å². The van der Waals surface area contributed by atoms with Gasteiger partial charge in [0.15, 0.2) is 11.2 Å². The van der Waals surface area contributed by atoms with Crippen molar-refractivity contribution in [3.05, 3.63) is 76.6 Å². The van der Waals surface area contributed by atoms with E-state index in [1.165, 1.54) is 27.7 Å². The standard InChI is InChI=1S/C19H16FN5O2/c1-2-27-16-8-6-15(7-9-16)25-18-17(22-23-25)19(26)24(12-21-18)11-13-4-3-5-14(20)10-13/h3-10,12H,2,11H2,1H3. The van der Waals surface area contributed by atoms with Crippen molar-refractivity contribution in [3.63, 3.8) is 0 Å². The largest absolute Gasteiger partial charge is 0.494 e. The number of aromatic nitrogens is 5. The second-order valence-corrected chi connectivity index (χ2v) is 5.91. The molecular weight excluding hydrogens is 349 g/mol. The third-order valence-electron chi connectivity index (χ3n) is 4.06. The number of benzene rings is 2. The summed E-state index contributed by atoms with van der Waals surface area (Å²) in [4.78, 5) is 17.0. The quantitative estimate of drug-likeness (QED) is 0.543. The van der Waals surface area contributed by atoms with Crippen molar-refractivity contribution in [3.8, 4) is 11.4 Å². The van der Waals surface area contributed by atoms with Crippen LogP contribution in [0.4, 0.5) is 4.39 Å². The number of halogens is 1. The predicted molar refractivity (Wildman–Crippen MR) is 97.6 cm³/mol. The van der Waals surface area contributed by atoms with Gasteiger partial charge in [-0.15, -0.1) is 5.10 Å². The highest BCUT2D eigenvalue weighted by molar-refractivity contribution is 5.70. The lowest BCUT2D eigenvalue weighted by Gasteiger charge is -2.06. The third-order valence-corrected chi connectivity index (χ3v) is 4.06. The Balaban J connectivity index is 1.70. The minimum absolute atomic E-state index is 0.155. The first kappa shape index (κ1) is 16.9. The van der Waals surface area contributed by atoms with Crippen LogP contribution in [0.2, 0.25) is 0 Å². The lowest BCUT2D eigenvalue weighted by atomic mass is 10.2. The first-order chi connectivity index (χ1) is 13.2. The molecular formula is C19H16FN5O2. The van der Waals surface area contributed by atoms with E-state index in [1.807, 2.05) is 31.2 Å². The predicted octanol–water partition coefficient (Wildman–Crippen LogP) is 2.56. The van der Waals surface area contributed by atoms with E-state index < -0.39 is 0 Å². The molecule has 0 fully saturated rings. The van der Waals surface area contributed by atoms with Gasteiger partial charge in [-0.1, -0.05) is 17.3 Å². The maximum atomic E-state index is 13.4. The zero-order valence-electron chi connectivity index (χ0n) is 14.5. The third kappa shape index (κ3) is 3.29. The number of hydrogen-bond donors (Lipinski definition) is 0. The van der Waals surface area contributed by atoms with Crippen LogP contribution in [0.15, 0.2) is 59.7 Å². The molecule has 0 N–H and O–H groups in total. The van der Waals surface area contributed by atoms with Crippen molar-refractivity contribution in [1.82, 2.24) is 24.5 Å². The van der Waals surface area contributed by atoms with E-state index in [0.29, 0.717) is 17.8 Å². The first-order valence-electron chi connectivity index (χ1n) is 8.44. The molecule has 0 spiro atoms. The zero-order chi connectivity index (χ0) is 18.8. The fourth-order valence-corrected chi connectivity index (χ4v) is 2.81. The van der Waals surface area contributed by atoms with Gasteiger partial charge in [-0.3, -0.25) is 9.36 Å². The van der Waals surface area contributed by atoms with Gasteiger partial charge in [-0.05, 0) is 48.9 Å². The van der Waals surface area contributed by atoms with Gasteiger partial charge in [0, 0.05) is 0 Å². The number of ether oxygens (including phenoxy) is 1. The van der Waals surface area contributed by atoms with E-state index in [2.05, 4.69) is 15.3 Å². The van der Waals surface area contributed by atoms with Gasteiger partial charge >= 0.3 is 0 Å². The Kier molecular flexibility index (Phi) is 4.37. The fourth-order valence-electron chi connectivity index (χ4n) is 2.81. The summed E-state index contributed by atoms with van der Waals surface area (Å²) in [5.74, 6) is 0.395. The van der Waals surface area contributed by atoms with Gasteiger partial charge in [0.1, 0.15) is 17.9 Å². The molecule has 0 aliphatic rings. The molecule has 27 heavy (non-hydrogen) atoms. The molecule has 2 aromatic carbocycles. The highest BCUT2D eigenvalue weighted by Crippen LogP contribution is 2.17. The van der Waals surface area contributed by atoms with Crippen molar-refractivity contribution in [2.24, 2.45) is 0 Å². The summed E-state index contributed by atoms with van der Waals surface area (Å²) in [5, 5.41) is 8.04. The molecule has 0 atom stereocenters. The molecule has 0 bridgehead atoms. The van der Waals surface area contributed by atoms with Crippen LogP contribution in [0.5, 0.6) is 5.75 Å². The summed E-state index contributed by atoms with van der Waals surface area (Å²) in [7, 11) is 0. The minimum atomic E-state index is -0.351. The van der Waals surface area contributed by atoms with Gasteiger partial charge in [0.05, 0.1) is 18.8 Å². The molecule has 4 aromatic rings.